The van der Waals surface area contributed by atoms with Gasteiger partial charge in [-0.05, 0) is 19.1 Å². The number of rotatable bonds is 3. The van der Waals surface area contributed by atoms with Gasteiger partial charge in [-0.2, -0.15) is 0 Å². The van der Waals surface area contributed by atoms with Crippen molar-refractivity contribution < 1.29 is 23.8 Å². The Morgan fingerprint density at radius 3 is 2.89 bits per heavy atom. The van der Waals surface area contributed by atoms with Crippen LogP contribution in [0.4, 0.5) is 0 Å². The molecule has 94 valence electrons. The molecule has 0 unspecified atom stereocenters. The number of ether oxygens (including phenoxy) is 3. The van der Waals surface area contributed by atoms with Crippen LogP contribution in [0.2, 0.25) is 0 Å². The maximum Gasteiger partial charge on any atom is 0.344 e. The minimum atomic E-state index is -0.564. The lowest BCUT2D eigenvalue weighted by Gasteiger charge is -2.01. The summed E-state index contributed by atoms with van der Waals surface area (Å²) in [6.07, 6.45) is 1.14. The highest BCUT2D eigenvalue weighted by Crippen LogP contribution is 2.36. The van der Waals surface area contributed by atoms with Crippen LogP contribution in [-0.4, -0.2) is 25.7 Å². The average molecular weight is 248 g/mol. The fraction of sp³-hybridized carbons (Fsp3) is 0.231. The maximum atomic E-state index is 11.6. The van der Waals surface area contributed by atoms with Gasteiger partial charge >= 0.3 is 11.9 Å². The highest BCUT2D eigenvalue weighted by Gasteiger charge is 2.28. The van der Waals surface area contributed by atoms with Crippen molar-refractivity contribution in [1.29, 1.82) is 0 Å². The van der Waals surface area contributed by atoms with Crippen molar-refractivity contribution in [3.8, 4) is 11.5 Å². The van der Waals surface area contributed by atoms with E-state index >= 15 is 0 Å². The summed E-state index contributed by atoms with van der Waals surface area (Å²) >= 11 is 0. The van der Waals surface area contributed by atoms with Gasteiger partial charge in [0.05, 0.1) is 19.3 Å². The van der Waals surface area contributed by atoms with Crippen molar-refractivity contribution >= 4 is 17.5 Å². The van der Waals surface area contributed by atoms with Gasteiger partial charge in [-0.3, -0.25) is 0 Å². The molecule has 1 aromatic carbocycles. The van der Waals surface area contributed by atoms with Gasteiger partial charge in [0.15, 0.2) is 0 Å². The number of hydrogen-bond acceptors (Lipinski definition) is 5. The Labute approximate surface area is 104 Å². The van der Waals surface area contributed by atoms with E-state index in [4.69, 9.17) is 14.2 Å². The Balaban J connectivity index is 2.36. The molecule has 5 nitrogen and oxygen atoms in total. The molecule has 0 atom stereocenters. The molecule has 0 spiro atoms. The quantitative estimate of drug-likeness (QED) is 0.461. The minimum absolute atomic E-state index is 0.200. The molecule has 5 heteroatoms. The van der Waals surface area contributed by atoms with E-state index in [1.165, 1.54) is 7.11 Å². The second kappa shape index (κ2) is 4.91. The Bertz CT molecular complexity index is 530. The molecule has 1 aliphatic heterocycles. The van der Waals surface area contributed by atoms with Crippen LogP contribution in [0.25, 0.3) is 5.57 Å². The summed E-state index contributed by atoms with van der Waals surface area (Å²) in [7, 11) is 1.52. The summed E-state index contributed by atoms with van der Waals surface area (Å²) in [4.78, 5) is 23.0. The monoisotopic (exact) mass is 248 g/mol. The standard InChI is InChI=1S/C13H12O5/c1-3-17-12(14)7-10-9-5-4-8(16-2)6-11(9)18-13(10)15/h4-7H,3H2,1-2H3/b10-7+. The van der Waals surface area contributed by atoms with Gasteiger partial charge in [-0.25, -0.2) is 9.59 Å². The summed E-state index contributed by atoms with van der Waals surface area (Å²) in [5.41, 5.74) is 0.764. The highest BCUT2D eigenvalue weighted by atomic mass is 16.5. The van der Waals surface area contributed by atoms with Crippen molar-refractivity contribution in [2.24, 2.45) is 0 Å². The van der Waals surface area contributed by atoms with Crippen molar-refractivity contribution in [2.45, 2.75) is 6.92 Å². The topological polar surface area (TPSA) is 61.8 Å². The fourth-order valence-electron chi connectivity index (χ4n) is 1.64. The van der Waals surface area contributed by atoms with E-state index in [2.05, 4.69) is 0 Å². The van der Waals surface area contributed by atoms with E-state index in [1.54, 1.807) is 25.1 Å². The van der Waals surface area contributed by atoms with Crippen molar-refractivity contribution in [3.63, 3.8) is 0 Å². The smallest absolute Gasteiger partial charge is 0.344 e. The first-order valence-electron chi connectivity index (χ1n) is 5.44. The summed E-state index contributed by atoms with van der Waals surface area (Å²) in [5.74, 6) is -0.159. The zero-order valence-electron chi connectivity index (χ0n) is 10.1. The summed E-state index contributed by atoms with van der Waals surface area (Å²) in [6.45, 7) is 1.95. The van der Waals surface area contributed by atoms with E-state index in [0.29, 0.717) is 17.1 Å². The van der Waals surface area contributed by atoms with E-state index in [-0.39, 0.29) is 12.2 Å². The van der Waals surface area contributed by atoms with Gasteiger partial charge in [0.2, 0.25) is 0 Å². The Morgan fingerprint density at radius 2 is 2.22 bits per heavy atom. The van der Waals surface area contributed by atoms with Crippen LogP contribution >= 0.6 is 0 Å². The van der Waals surface area contributed by atoms with Gasteiger partial charge < -0.3 is 14.2 Å². The zero-order valence-corrected chi connectivity index (χ0v) is 10.1. The third-order valence-electron chi connectivity index (χ3n) is 2.45. The second-order valence-electron chi connectivity index (χ2n) is 3.56. The lowest BCUT2D eigenvalue weighted by molar-refractivity contribution is -0.137. The van der Waals surface area contributed by atoms with E-state index in [9.17, 15) is 9.59 Å². The van der Waals surface area contributed by atoms with Crippen LogP contribution in [0.1, 0.15) is 12.5 Å². The average Bonchev–Trinajstić information content (AvgIpc) is 2.65. The maximum absolute atomic E-state index is 11.6. The SMILES string of the molecule is CCOC(=O)/C=C1/C(=O)Oc2cc(OC)ccc21. The van der Waals surface area contributed by atoms with Crippen LogP contribution < -0.4 is 9.47 Å². The van der Waals surface area contributed by atoms with Crippen LogP contribution in [0.5, 0.6) is 11.5 Å². The molecule has 0 radical (unpaired) electrons. The van der Waals surface area contributed by atoms with Crippen molar-refractivity contribution in [2.75, 3.05) is 13.7 Å². The predicted molar refractivity (Wildman–Crippen MR) is 63.2 cm³/mol. The van der Waals surface area contributed by atoms with Crippen LogP contribution in [0, 0.1) is 0 Å². The first-order valence-corrected chi connectivity index (χ1v) is 5.44. The Morgan fingerprint density at radius 1 is 1.44 bits per heavy atom. The van der Waals surface area contributed by atoms with Gasteiger partial charge in [0.25, 0.3) is 0 Å². The molecule has 2 rings (SSSR count). The zero-order chi connectivity index (χ0) is 13.1. The molecular weight excluding hydrogens is 236 g/mol. The molecule has 0 N–H and O–H groups in total. The Hall–Kier alpha value is -2.30. The van der Waals surface area contributed by atoms with Gasteiger partial charge in [0, 0.05) is 17.7 Å². The number of esters is 2. The van der Waals surface area contributed by atoms with Gasteiger partial charge in [-0.1, -0.05) is 0 Å². The molecule has 0 amide bonds. The number of fused-ring (bicyclic) bond motifs is 1. The van der Waals surface area contributed by atoms with E-state index in [0.717, 1.165) is 6.08 Å². The molecule has 0 aromatic heterocycles. The molecule has 0 saturated carbocycles. The van der Waals surface area contributed by atoms with Crippen LogP contribution in [0.3, 0.4) is 0 Å². The first kappa shape index (κ1) is 12.2. The number of methoxy groups -OCH3 is 1. The molecule has 0 aliphatic carbocycles. The largest absolute Gasteiger partial charge is 0.497 e. The molecule has 1 heterocycles. The number of hydrogen-bond donors (Lipinski definition) is 0. The summed E-state index contributed by atoms with van der Waals surface area (Å²) in [5, 5.41) is 0. The Kier molecular flexibility index (Phi) is 3.32. The normalized spacial score (nSPS) is 15.2. The molecule has 0 fully saturated rings. The van der Waals surface area contributed by atoms with Gasteiger partial charge in [0.1, 0.15) is 11.5 Å². The molecule has 1 aromatic rings. The molecule has 1 aliphatic rings. The fourth-order valence-corrected chi connectivity index (χ4v) is 1.64. The number of carbonyl (C=O) groups is 2. The van der Waals surface area contributed by atoms with Crippen molar-refractivity contribution in [3.05, 3.63) is 29.8 Å². The van der Waals surface area contributed by atoms with Crippen molar-refractivity contribution in [1.82, 2.24) is 0 Å². The lowest BCUT2D eigenvalue weighted by atomic mass is 10.1. The van der Waals surface area contributed by atoms with Gasteiger partial charge in [-0.15, -0.1) is 0 Å². The van der Waals surface area contributed by atoms with E-state index in [1.807, 2.05) is 0 Å². The summed E-state index contributed by atoms with van der Waals surface area (Å²) in [6, 6.07) is 4.96. The second-order valence-corrected chi connectivity index (χ2v) is 3.56. The predicted octanol–water partition coefficient (Wildman–Crippen LogP) is 1.56. The molecule has 0 bridgehead atoms. The van der Waals surface area contributed by atoms with Crippen LogP contribution in [-0.2, 0) is 14.3 Å². The minimum Gasteiger partial charge on any atom is -0.497 e. The third kappa shape index (κ3) is 2.20. The molecule has 0 saturated heterocycles. The highest BCUT2D eigenvalue weighted by molar-refractivity contribution is 6.24. The first-order chi connectivity index (χ1) is 8.65. The lowest BCUT2D eigenvalue weighted by Crippen LogP contribution is -2.05. The third-order valence-corrected chi connectivity index (χ3v) is 2.45. The van der Waals surface area contributed by atoms with Crippen LogP contribution in [0.15, 0.2) is 24.3 Å². The molecule has 18 heavy (non-hydrogen) atoms. The molecular formula is C13H12O5. The number of benzene rings is 1. The number of carbonyl (C=O) groups excluding carboxylic acids is 2. The summed E-state index contributed by atoms with van der Waals surface area (Å²) < 4.78 is 14.8. The van der Waals surface area contributed by atoms with E-state index < -0.39 is 11.9 Å².